The van der Waals surface area contributed by atoms with Gasteiger partial charge in [0.1, 0.15) is 0 Å². The Hall–Kier alpha value is -1.95. The lowest BCUT2D eigenvalue weighted by molar-refractivity contribution is 0.0788. The number of pyridine rings is 1. The van der Waals surface area contributed by atoms with Crippen molar-refractivity contribution in [3.05, 3.63) is 23.5 Å². The van der Waals surface area contributed by atoms with Gasteiger partial charge in [-0.1, -0.05) is 13.8 Å². The number of aromatic nitrogens is 3. The van der Waals surface area contributed by atoms with Crippen LogP contribution < -0.4 is 5.73 Å². The highest BCUT2D eigenvalue weighted by molar-refractivity contribution is 5.98. The first-order valence-corrected chi connectivity index (χ1v) is 8.58. The van der Waals surface area contributed by atoms with Crippen molar-refractivity contribution in [2.75, 3.05) is 13.6 Å². The van der Waals surface area contributed by atoms with Crippen LogP contribution in [0.3, 0.4) is 0 Å². The summed E-state index contributed by atoms with van der Waals surface area (Å²) in [6, 6.07) is 2.23. The number of rotatable bonds is 6. The molecule has 1 unspecified atom stereocenters. The molecule has 0 aliphatic rings. The van der Waals surface area contributed by atoms with Crippen LogP contribution in [0.5, 0.6) is 0 Å². The lowest BCUT2D eigenvalue weighted by Gasteiger charge is -2.22. The van der Waals surface area contributed by atoms with E-state index in [1.165, 1.54) is 0 Å². The molecule has 0 spiro atoms. The summed E-state index contributed by atoms with van der Waals surface area (Å²) in [5.74, 6) is 0.394. The van der Waals surface area contributed by atoms with Gasteiger partial charge in [0.25, 0.3) is 5.91 Å². The zero-order valence-corrected chi connectivity index (χ0v) is 15.6. The summed E-state index contributed by atoms with van der Waals surface area (Å²) in [4.78, 5) is 19.1. The maximum Gasteiger partial charge on any atom is 0.255 e. The largest absolute Gasteiger partial charge is 0.342 e. The van der Waals surface area contributed by atoms with Crippen LogP contribution in [0, 0.1) is 12.8 Å². The minimum absolute atomic E-state index is 0.0184. The van der Waals surface area contributed by atoms with E-state index in [4.69, 9.17) is 5.73 Å². The van der Waals surface area contributed by atoms with Crippen LogP contribution in [0.4, 0.5) is 0 Å². The van der Waals surface area contributed by atoms with Crippen molar-refractivity contribution >= 4 is 16.9 Å². The number of carbonyl (C=O) groups is 1. The zero-order valence-electron chi connectivity index (χ0n) is 15.6. The summed E-state index contributed by atoms with van der Waals surface area (Å²) in [5, 5.41) is 5.27. The molecular weight excluding hydrogens is 302 g/mol. The lowest BCUT2D eigenvalue weighted by atomic mass is 10.0. The number of carbonyl (C=O) groups excluding carboxylic acids is 1. The van der Waals surface area contributed by atoms with Crippen molar-refractivity contribution in [3.8, 4) is 0 Å². The summed E-state index contributed by atoms with van der Waals surface area (Å²) in [7, 11) is 1.82. The molecule has 0 radical (unpaired) electrons. The summed E-state index contributed by atoms with van der Waals surface area (Å²) in [6.45, 7) is 10.8. The molecule has 0 fully saturated rings. The van der Waals surface area contributed by atoms with Crippen LogP contribution in [0.15, 0.2) is 12.3 Å². The quantitative estimate of drug-likeness (QED) is 0.883. The van der Waals surface area contributed by atoms with Crippen molar-refractivity contribution < 1.29 is 4.79 Å². The number of hydrogen-bond donors (Lipinski definition) is 1. The Bertz CT molecular complexity index is 720. The van der Waals surface area contributed by atoms with Gasteiger partial charge in [0, 0.05) is 31.1 Å². The Morgan fingerprint density at radius 2 is 2.00 bits per heavy atom. The smallest absolute Gasteiger partial charge is 0.255 e. The average Bonchev–Trinajstić information content (AvgIpc) is 2.93. The van der Waals surface area contributed by atoms with Gasteiger partial charge in [-0.25, -0.2) is 9.67 Å². The number of aryl methyl sites for hydroxylation is 1. The fraction of sp³-hybridized carbons (Fsp3) is 0.611. The molecule has 1 atom stereocenters. The van der Waals surface area contributed by atoms with Gasteiger partial charge >= 0.3 is 0 Å². The minimum atomic E-state index is -0.0184. The second-order valence-corrected chi connectivity index (χ2v) is 7.14. The summed E-state index contributed by atoms with van der Waals surface area (Å²) in [5.41, 5.74) is 8.26. The third kappa shape index (κ3) is 3.75. The van der Waals surface area contributed by atoms with Crippen LogP contribution >= 0.6 is 0 Å². The van der Waals surface area contributed by atoms with E-state index in [1.54, 1.807) is 11.1 Å². The molecular formula is C18H29N5O. The second kappa shape index (κ2) is 7.30. The molecule has 6 heteroatoms. The molecule has 0 aliphatic carbocycles. The van der Waals surface area contributed by atoms with Gasteiger partial charge < -0.3 is 10.6 Å². The number of amides is 1. The monoisotopic (exact) mass is 331 g/mol. The van der Waals surface area contributed by atoms with Gasteiger partial charge in [-0.05, 0) is 39.2 Å². The first kappa shape index (κ1) is 18.4. The third-order valence-electron chi connectivity index (χ3n) is 4.48. The topological polar surface area (TPSA) is 77.0 Å². The van der Waals surface area contributed by atoms with Gasteiger partial charge in [-0.15, -0.1) is 0 Å². The Morgan fingerprint density at radius 1 is 1.33 bits per heavy atom. The molecule has 0 saturated carbocycles. The van der Waals surface area contributed by atoms with Crippen molar-refractivity contribution in [3.63, 3.8) is 0 Å². The Labute approximate surface area is 144 Å². The molecule has 0 aliphatic heterocycles. The van der Waals surface area contributed by atoms with Crippen molar-refractivity contribution in [1.29, 1.82) is 0 Å². The molecule has 1 amide bonds. The van der Waals surface area contributed by atoms with Gasteiger partial charge in [0.15, 0.2) is 5.65 Å². The number of hydrogen-bond acceptors (Lipinski definition) is 4. The molecule has 6 nitrogen and oxygen atoms in total. The van der Waals surface area contributed by atoms with Crippen LogP contribution in [-0.2, 0) is 0 Å². The fourth-order valence-corrected chi connectivity index (χ4v) is 2.64. The predicted octanol–water partition coefficient (Wildman–Crippen LogP) is 2.77. The molecule has 2 N–H and O–H groups in total. The SMILES string of the molecule is Cc1nc2c(cnn2C(C)C)cc1C(=O)N(C)CCC(N)C(C)C. The maximum atomic E-state index is 12.8. The molecule has 0 aromatic carbocycles. The highest BCUT2D eigenvalue weighted by Gasteiger charge is 2.19. The predicted molar refractivity (Wildman–Crippen MR) is 97.0 cm³/mol. The molecule has 0 bridgehead atoms. The molecule has 132 valence electrons. The molecule has 2 aromatic rings. The standard InChI is InChI=1S/C18H29N5O/c1-11(2)16(19)7-8-22(6)18(24)15-9-14-10-20-23(12(3)4)17(14)21-13(15)5/h9-12,16H,7-8,19H2,1-6H3. The van der Waals surface area contributed by atoms with E-state index in [0.717, 1.165) is 23.1 Å². The first-order chi connectivity index (χ1) is 11.2. The summed E-state index contributed by atoms with van der Waals surface area (Å²) < 4.78 is 1.88. The van der Waals surface area contributed by atoms with Gasteiger partial charge in [0.05, 0.1) is 17.5 Å². The van der Waals surface area contributed by atoms with Crippen LogP contribution in [0.1, 0.15) is 56.2 Å². The first-order valence-electron chi connectivity index (χ1n) is 8.58. The third-order valence-corrected chi connectivity index (χ3v) is 4.48. The summed E-state index contributed by atoms with van der Waals surface area (Å²) >= 11 is 0. The van der Waals surface area contributed by atoms with Crippen molar-refractivity contribution in [2.24, 2.45) is 11.7 Å². The Balaban J connectivity index is 2.21. The van der Waals surface area contributed by atoms with E-state index < -0.39 is 0 Å². The van der Waals surface area contributed by atoms with Gasteiger partial charge in [-0.2, -0.15) is 5.10 Å². The molecule has 2 heterocycles. The van der Waals surface area contributed by atoms with Gasteiger partial charge in [0.2, 0.25) is 0 Å². The maximum absolute atomic E-state index is 12.8. The summed E-state index contributed by atoms with van der Waals surface area (Å²) in [6.07, 6.45) is 2.56. The minimum Gasteiger partial charge on any atom is -0.342 e. The number of nitrogens with two attached hydrogens (primary N) is 1. The zero-order chi connectivity index (χ0) is 18.0. The lowest BCUT2D eigenvalue weighted by Crippen LogP contribution is -2.35. The molecule has 0 saturated heterocycles. The Kier molecular flexibility index (Phi) is 5.59. The van der Waals surface area contributed by atoms with E-state index in [-0.39, 0.29) is 18.0 Å². The van der Waals surface area contributed by atoms with Crippen LogP contribution in [0.2, 0.25) is 0 Å². The highest BCUT2D eigenvalue weighted by atomic mass is 16.2. The van der Waals surface area contributed by atoms with E-state index in [9.17, 15) is 4.79 Å². The van der Waals surface area contributed by atoms with E-state index >= 15 is 0 Å². The molecule has 2 rings (SSSR count). The average molecular weight is 331 g/mol. The van der Waals surface area contributed by atoms with Crippen molar-refractivity contribution in [2.45, 2.75) is 53.1 Å². The number of nitrogens with zero attached hydrogens (tertiary/aromatic N) is 4. The van der Waals surface area contributed by atoms with E-state index in [0.29, 0.717) is 18.0 Å². The number of fused-ring (bicyclic) bond motifs is 1. The van der Waals surface area contributed by atoms with E-state index in [1.807, 2.05) is 24.7 Å². The van der Waals surface area contributed by atoms with Crippen molar-refractivity contribution in [1.82, 2.24) is 19.7 Å². The van der Waals surface area contributed by atoms with E-state index in [2.05, 4.69) is 37.8 Å². The highest BCUT2D eigenvalue weighted by Crippen LogP contribution is 2.20. The van der Waals surface area contributed by atoms with Gasteiger partial charge in [-0.3, -0.25) is 4.79 Å². The fourth-order valence-electron chi connectivity index (χ4n) is 2.64. The second-order valence-electron chi connectivity index (χ2n) is 7.14. The normalized spacial score (nSPS) is 13.0. The van der Waals surface area contributed by atoms with Crippen LogP contribution in [-0.4, -0.2) is 45.2 Å². The Morgan fingerprint density at radius 3 is 2.58 bits per heavy atom. The van der Waals surface area contributed by atoms with Crippen LogP contribution in [0.25, 0.3) is 11.0 Å². The molecule has 2 aromatic heterocycles. The molecule has 24 heavy (non-hydrogen) atoms.